The maximum atomic E-state index is 13.6. The Morgan fingerprint density at radius 1 is 0.529 bits per heavy atom. The number of carbonyl (C=O) groups excluding carboxylic acids is 3. The van der Waals surface area contributed by atoms with Crippen molar-refractivity contribution in [1.82, 2.24) is 16.0 Å². The van der Waals surface area contributed by atoms with Gasteiger partial charge in [0, 0.05) is 33.1 Å². The molecule has 0 spiro atoms. The van der Waals surface area contributed by atoms with E-state index in [2.05, 4.69) is 29.8 Å². The highest BCUT2D eigenvalue weighted by Crippen LogP contribution is 2.41. The minimum atomic E-state index is -3.39. The number of unbranched alkanes of at least 4 members (excludes halogenated alkanes) is 25. The molecule has 0 aromatic rings. The minimum absolute atomic E-state index is 0.155. The molecule has 4 saturated heterocycles. The predicted molar refractivity (Wildman–Crippen MR) is 363 cm³/mol. The number of carbonyl (C=O) groups is 5. The normalized spacial score (nSPS) is 31.7. The quantitative estimate of drug-likeness (QED) is 0.0288. The van der Waals surface area contributed by atoms with Crippen molar-refractivity contribution in [2.45, 2.75) is 366 Å². The van der Waals surface area contributed by atoms with Gasteiger partial charge in [0.15, 0.2) is 12.6 Å². The lowest BCUT2D eigenvalue weighted by Gasteiger charge is -2.51. The zero-order valence-corrected chi connectivity index (χ0v) is 60.1. The van der Waals surface area contributed by atoms with Crippen molar-refractivity contribution in [3.63, 3.8) is 0 Å². The third kappa shape index (κ3) is 28.4. The third-order valence-electron chi connectivity index (χ3n) is 19.5. The van der Waals surface area contributed by atoms with Gasteiger partial charge in [-0.1, -0.05) is 180 Å². The highest BCUT2D eigenvalue weighted by Gasteiger charge is 2.62. The van der Waals surface area contributed by atoms with Gasteiger partial charge in [-0.2, -0.15) is 0 Å². The Morgan fingerprint density at radius 2 is 0.980 bits per heavy atom. The van der Waals surface area contributed by atoms with Crippen LogP contribution in [0.25, 0.3) is 0 Å². The van der Waals surface area contributed by atoms with E-state index in [-0.39, 0.29) is 12.3 Å². The van der Waals surface area contributed by atoms with E-state index in [1.54, 1.807) is 6.08 Å². The molecule has 4 heterocycles. The molecule has 0 aromatic heterocycles. The molecule has 0 saturated carbocycles. The first-order valence-electron chi connectivity index (χ1n) is 37.2. The molecular weight excluding hydrogens is 1350 g/mol. The van der Waals surface area contributed by atoms with Gasteiger partial charge >= 0.3 is 11.9 Å². The molecule has 3 amide bonds. The molecule has 24 atom stereocenters. The summed E-state index contributed by atoms with van der Waals surface area (Å²) < 4.78 is 46.4. The van der Waals surface area contributed by atoms with Crippen molar-refractivity contribution in [3.8, 4) is 0 Å². The molecule has 0 bridgehead atoms. The fraction of sp³-hybridized carbons (Fsp3) is 0.900. The van der Waals surface area contributed by atoms with Gasteiger partial charge in [0.05, 0.1) is 69.5 Å². The van der Waals surface area contributed by atoms with E-state index in [9.17, 15) is 106 Å². The van der Waals surface area contributed by atoms with Gasteiger partial charge in [-0.25, -0.2) is 9.59 Å². The number of ether oxygens (including phenoxy) is 8. The summed E-state index contributed by atoms with van der Waals surface area (Å²) >= 11 is 0. The summed E-state index contributed by atoms with van der Waals surface area (Å²) in [5.41, 5.74) is 0. The molecule has 3 unspecified atom stereocenters. The van der Waals surface area contributed by atoms with Crippen LogP contribution in [0.1, 0.15) is 220 Å². The lowest BCUT2D eigenvalue weighted by Crippen LogP contribution is -2.72. The van der Waals surface area contributed by atoms with Crippen LogP contribution in [0.4, 0.5) is 0 Å². The number of hydrogen-bond donors (Lipinski definition) is 19. The first-order chi connectivity index (χ1) is 48.7. The van der Waals surface area contributed by atoms with Crippen molar-refractivity contribution in [1.29, 1.82) is 0 Å². The molecule has 102 heavy (non-hydrogen) atoms. The van der Waals surface area contributed by atoms with Gasteiger partial charge < -0.3 is 136 Å². The lowest BCUT2D eigenvalue weighted by atomic mass is 9.87. The fourth-order valence-electron chi connectivity index (χ4n) is 13.5. The van der Waals surface area contributed by atoms with Gasteiger partial charge in [-0.15, -0.1) is 0 Å². The Hall–Kier alpha value is -3.79. The molecule has 594 valence electrons. The number of aliphatic hydroxyl groups excluding tert-OH is 14. The average Bonchev–Trinajstić information content (AvgIpc) is 0.761. The number of allylic oxidation sites excluding steroid dienone is 1. The van der Waals surface area contributed by atoms with Crippen LogP contribution in [0.15, 0.2) is 12.2 Å². The van der Waals surface area contributed by atoms with Crippen molar-refractivity contribution >= 4 is 29.7 Å². The van der Waals surface area contributed by atoms with Crippen LogP contribution in [-0.4, -0.2) is 290 Å². The Labute approximate surface area is 598 Å². The molecule has 19 N–H and O–H groups in total. The molecular formula is C70H125N3O29. The van der Waals surface area contributed by atoms with E-state index >= 15 is 0 Å². The standard InChI is InChI=1S/C70H125N3O29/c1-5-7-9-11-13-15-17-19-20-22-24-26-28-30-32-34-52(84)73-44(45(80)33-31-29-27-25-23-21-18-16-14-12-10-8-6-2)41-95-65-59(89)58(88)61(51(40-77)97-65)98-66-60(90)64(56(86)49(38-75)96-66)102-70(68(93)94)36-47(82)54(72-43(4)79)63(101-70)57(87)50(39-76)99-69(67(91)92)35-46(81)53(71-42(3)78)62(100-69)55(85)48(83)37-74/h31,33,44-51,53-66,74-77,80-83,85-90H,5-30,32,34-41H2,1-4H3,(H,71,78)(H,72,79)(H,73,84)(H,91,92)(H,93,94)/t44-,45+,46-,47-,48+,49+,50+,51+,53+,54+,55+,56-,57+,58+,59?,60+,61+,62?,63?,64-,65+,66-,69+,70-/m0/s1. The number of hydrogen-bond acceptors (Lipinski definition) is 27. The van der Waals surface area contributed by atoms with Gasteiger partial charge in [-0.05, 0) is 19.3 Å². The Bertz CT molecular complexity index is 2410. The van der Waals surface area contributed by atoms with Crippen LogP contribution in [0, 0.1) is 0 Å². The topological polar surface area (TPSA) is 519 Å². The van der Waals surface area contributed by atoms with E-state index in [0.29, 0.717) is 12.8 Å². The van der Waals surface area contributed by atoms with Gasteiger partial charge in [0.25, 0.3) is 11.6 Å². The van der Waals surface area contributed by atoms with E-state index in [1.165, 1.54) is 109 Å². The number of carboxylic acids is 2. The number of carboxylic acid groups (broad SMARTS) is 2. The summed E-state index contributed by atoms with van der Waals surface area (Å²) in [6.07, 6.45) is -8.38. The smallest absolute Gasteiger partial charge is 0.364 e. The number of aliphatic carboxylic acids is 2. The van der Waals surface area contributed by atoms with Crippen LogP contribution in [0.3, 0.4) is 0 Å². The Morgan fingerprint density at radius 3 is 1.44 bits per heavy atom. The molecule has 4 rings (SSSR count). The summed E-state index contributed by atoms with van der Waals surface area (Å²) in [6, 6.07) is -4.73. The van der Waals surface area contributed by atoms with Crippen LogP contribution in [-0.2, 0) is 61.9 Å². The van der Waals surface area contributed by atoms with Gasteiger partial charge in [0.1, 0.15) is 85.5 Å². The van der Waals surface area contributed by atoms with E-state index in [4.69, 9.17) is 37.9 Å². The molecule has 0 aliphatic carbocycles. The van der Waals surface area contributed by atoms with E-state index in [0.717, 1.165) is 65.2 Å². The van der Waals surface area contributed by atoms with Crippen LogP contribution >= 0.6 is 0 Å². The zero-order chi connectivity index (χ0) is 75.5. The second-order valence-corrected chi connectivity index (χ2v) is 27.9. The Kier molecular flexibility index (Phi) is 42.5. The fourth-order valence-corrected chi connectivity index (χ4v) is 13.5. The molecule has 32 nitrogen and oxygen atoms in total. The highest BCUT2D eigenvalue weighted by molar-refractivity contribution is 5.78. The summed E-state index contributed by atoms with van der Waals surface area (Å²) in [5, 5.41) is 185. The molecule has 4 aliphatic heterocycles. The zero-order valence-electron chi connectivity index (χ0n) is 60.1. The number of rotatable bonds is 52. The SMILES string of the molecule is CCCCCCCCCCCCCC=C[C@@H](O)[C@H](CO[C@@H]1O[C@H](CO)[C@@H](O[C@@H]2O[C@H](CO)[C@H](O)[C@H](O[C@]3(C(=O)O)C[C@H](O)[C@@H](NC(C)=O)C([C@H](O)[C@@H](CO)O[C@]4(C(=O)O)C[C@H](O)[C@@H](NC(C)=O)C([C@H](O)[C@H](O)CO)O4)O3)[C@H]2O)[C@H](O)C1O)NC(=O)CCCCCCCCCCCCCCCCC. The third-order valence-corrected chi connectivity index (χ3v) is 19.5. The lowest BCUT2D eigenvalue weighted by molar-refractivity contribution is -0.388. The number of aliphatic hydroxyl groups is 14. The van der Waals surface area contributed by atoms with E-state index in [1.807, 2.05) is 6.08 Å². The summed E-state index contributed by atoms with van der Waals surface area (Å²) in [7, 11) is 0. The number of amides is 3. The molecule has 0 radical (unpaired) electrons. The van der Waals surface area contributed by atoms with Gasteiger partial charge in [-0.3, -0.25) is 14.4 Å². The second kappa shape index (κ2) is 47.8. The summed E-state index contributed by atoms with van der Waals surface area (Å²) in [5.74, 6) is -13.1. The van der Waals surface area contributed by atoms with Crippen LogP contribution in [0.2, 0.25) is 0 Å². The molecule has 4 aliphatic rings. The molecule has 4 fully saturated rings. The van der Waals surface area contributed by atoms with Crippen molar-refractivity contribution in [3.05, 3.63) is 12.2 Å². The van der Waals surface area contributed by atoms with Crippen LogP contribution < -0.4 is 16.0 Å². The average molecular weight is 1470 g/mol. The first-order valence-corrected chi connectivity index (χ1v) is 37.2. The second-order valence-electron chi connectivity index (χ2n) is 27.9. The molecule has 32 heteroatoms. The van der Waals surface area contributed by atoms with Crippen molar-refractivity contribution < 1.29 is 144 Å². The maximum absolute atomic E-state index is 13.6. The largest absolute Gasteiger partial charge is 0.477 e. The predicted octanol–water partition coefficient (Wildman–Crippen LogP) is 0.339. The monoisotopic (exact) mass is 1470 g/mol. The van der Waals surface area contributed by atoms with Crippen molar-refractivity contribution in [2.75, 3.05) is 33.0 Å². The number of nitrogens with one attached hydrogen (secondary N) is 3. The molecule has 0 aromatic carbocycles. The van der Waals surface area contributed by atoms with E-state index < -0.39 is 216 Å². The van der Waals surface area contributed by atoms with Gasteiger partial charge in [0.2, 0.25) is 17.7 Å². The van der Waals surface area contributed by atoms with Crippen LogP contribution in [0.5, 0.6) is 0 Å². The van der Waals surface area contributed by atoms with Crippen molar-refractivity contribution in [2.24, 2.45) is 0 Å². The minimum Gasteiger partial charge on any atom is -0.477 e. The summed E-state index contributed by atoms with van der Waals surface area (Å²) in [4.78, 5) is 64.9. The Balaban J connectivity index is 1.50. The maximum Gasteiger partial charge on any atom is 0.364 e. The summed E-state index contributed by atoms with van der Waals surface area (Å²) in [6.45, 7) is 1.10. The highest BCUT2D eigenvalue weighted by atomic mass is 16.8. The first kappa shape index (κ1) is 90.6.